The van der Waals surface area contributed by atoms with Gasteiger partial charge in [-0.15, -0.1) is 9.24 Å². The van der Waals surface area contributed by atoms with Crippen LogP contribution >= 0.6 is 9.24 Å². The van der Waals surface area contributed by atoms with Crippen molar-refractivity contribution in [1.82, 2.24) is 0 Å². The van der Waals surface area contributed by atoms with Crippen molar-refractivity contribution >= 4 is 9.24 Å². The fraction of sp³-hybridized carbons (Fsp3) is 0.273. The maximum atomic E-state index is 2.42. The van der Waals surface area contributed by atoms with Gasteiger partial charge in [-0.05, 0) is 0 Å². The minimum atomic E-state index is -0.312. The second kappa shape index (κ2) is 11.3. The van der Waals surface area contributed by atoms with E-state index in [1.54, 1.807) is 6.56 Å². The van der Waals surface area contributed by atoms with Gasteiger partial charge in [0, 0.05) is 0 Å². The number of allylic oxidation sites excluding steroid dienone is 8. The topological polar surface area (TPSA) is 0 Å². The second-order valence-electron chi connectivity index (χ2n) is 2.77. The maximum Gasteiger partial charge on any atom is -0.0500 e. The van der Waals surface area contributed by atoms with E-state index < -0.39 is 0 Å². The molecule has 0 saturated carbocycles. The number of hydrogen-bond donors (Lipinski definition) is 0. The molecule has 1 unspecified atom stereocenters. The standard InChI is InChI=1S/2C5H5.CH5P.2ClH.Zr/c2*1-2-4-5-3-1;1-2;;;/h2*1-3H,4H2;2H2,1H3;2*1H;/q;;;;;+2/p-2. The van der Waals surface area contributed by atoms with Gasteiger partial charge in [0.25, 0.3) is 0 Å². The van der Waals surface area contributed by atoms with E-state index >= 15 is 0 Å². The van der Waals surface area contributed by atoms with Crippen molar-refractivity contribution in [2.24, 2.45) is 0 Å². The molecule has 2 rings (SSSR count). The molecule has 0 heterocycles. The van der Waals surface area contributed by atoms with Crippen LogP contribution in [-0.4, -0.2) is 6.66 Å². The fourth-order valence-electron chi connectivity index (χ4n) is 1.29. The SMILES string of the molecule is C1=CC[C]([Zr+2][C]2=CC=CC2)=C1.CP.[Cl-].[Cl-]. The summed E-state index contributed by atoms with van der Waals surface area (Å²) in [6.45, 7) is 1.92. The Balaban J connectivity index is 0. The summed E-state index contributed by atoms with van der Waals surface area (Å²) in [5.74, 6) is 0. The first-order valence-electron chi connectivity index (χ1n) is 4.51. The molecule has 1 atom stereocenters. The molecule has 0 aromatic heterocycles. The van der Waals surface area contributed by atoms with E-state index in [-0.39, 0.29) is 48.0 Å². The number of rotatable bonds is 2. The van der Waals surface area contributed by atoms with Gasteiger partial charge in [0.15, 0.2) is 0 Å². The van der Waals surface area contributed by atoms with Crippen molar-refractivity contribution in [3.05, 3.63) is 43.0 Å². The van der Waals surface area contributed by atoms with Gasteiger partial charge in [0.2, 0.25) is 0 Å². The predicted molar refractivity (Wildman–Crippen MR) is 59.3 cm³/mol. The van der Waals surface area contributed by atoms with Crippen LogP contribution in [0.3, 0.4) is 0 Å². The van der Waals surface area contributed by atoms with Crippen LogP contribution in [0.4, 0.5) is 0 Å². The van der Waals surface area contributed by atoms with Gasteiger partial charge in [-0.25, -0.2) is 0 Å². The Labute approximate surface area is 119 Å². The number of hydrogen-bond acceptors (Lipinski definition) is 0. The van der Waals surface area contributed by atoms with E-state index in [4.69, 9.17) is 0 Å². The molecule has 0 amide bonds. The molecule has 2 aliphatic carbocycles. The van der Waals surface area contributed by atoms with E-state index in [1.165, 1.54) is 12.8 Å². The Morgan fingerprint density at radius 3 is 1.60 bits per heavy atom. The Hall–Kier alpha value is 0.853. The van der Waals surface area contributed by atoms with Gasteiger partial charge in [-0.2, -0.15) is 0 Å². The first-order valence-corrected chi connectivity index (χ1v) is 8.12. The van der Waals surface area contributed by atoms with Crippen LogP contribution in [0.25, 0.3) is 0 Å². The molecule has 15 heavy (non-hydrogen) atoms. The average Bonchev–Trinajstić information content (AvgIpc) is 2.81. The monoisotopic (exact) mass is 338 g/mol. The largest absolute Gasteiger partial charge is 1.00 e. The molecular formula is C11H15Cl2PZr. The fourth-order valence-corrected chi connectivity index (χ4v) is 4.26. The van der Waals surface area contributed by atoms with Crippen molar-refractivity contribution in [1.29, 1.82) is 0 Å². The Morgan fingerprint density at radius 1 is 0.933 bits per heavy atom. The van der Waals surface area contributed by atoms with Crippen LogP contribution in [0.15, 0.2) is 43.0 Å². The first-order chi connectivity index (χ1) is 6.45. The van der Waals surface area contributed by atoms with Crippen molar-refractivity contribution in [3.63, 3.8) is 0 Å². The van der Waals surface area contributed by atoms with Crippen molar-refractivity contribution < 1.29 is 48.0 Å². The molecule has 0 spiro atoms. The normalized spacial score (nSPS) is 15.1. The average molecular weight is 340 g/mol. The Morgan fingerprint density at radius 2 is 1.33 bits per heavy atom. The molecule has 4 heteroatoms. The van der Waals surface area contributed by atoms with Crippen LogP contribution in [0.2, 0.25) is 0 Å². The molecule has 0 aliphatic heterocycles. The molecule has 0 bridgehead atoms. The summed E-state index contributed by atoms with van der Waals surface area (Å²) < 4.78 is 3.45. The van der Waals surface area contributed by atoms with Crippen LogP contribution in [0, 0.1) is 0 Å². The summed E-state index contributed by atoms with van der Waals surface area (Å²) in [6, 6.07) is 0. The first kappa shape index (κ1) is 18.2. The molecule has 0 aromatic rings. The molecular weight excluding hydrogens is 325 g/mol. The molecule has 0 N–H and O–H groups in total. The van der Waals surface area contributed by atoms with E-state index in [9.17, 15) is 0 Å². The summed E-state index contributed by atoms with van der Waals surface area (Å²) in [6.07, 6.45) is 16.0. The van der Waals surface area contributed by atoms with Gasteiger partial charge >= 0.3 is 79.1 Å². The quantitative estimate of drug-likeness (QED) is 0.479. The minimum Gasteiger partial charge on any atom is -1.00 e. The van der Waals surface area contributed by atoms with E-state index in [0.717, 1.165) is 0 Å². The summed E-state index contributed by atoms with van der Waals surface area (Å²) in [4.78, 5) is 0. The van der Waals surface area contributed by atoms with Crippen LogP contribution in [0.5, 0.6) is 0 Å². The summed E-state index contributed by atoms with van der Waals surface area (Å²) in [5.41, 5.74) is 0. The van der Waals surface area contributed by atoms with Crippen molar-refractivity contribution in [2.45, 2.75) is 12.8 Å². The van der Waals surface area contributed by atoms with E-state index in [0.29, 0.717) is 0 Å². The second-order valence-corrected chi connectivity index (χ2v) is 6.55. The third-order valence-electron chi connectivity index (χ3n) is 1.86. The zero-order valence-electron chi connectivity index (χ0n) is 8.71. The zero-order valence-corrected chi connectivity index (χ0v) is 13.8. The van der Waals surface area contributed by atoms with E-state index in [2.05, 4.69) is 45.7 Å². The van der Waals surface area contributed by atoms with Crippen molar-refractivity contribution in [3.8, 4) is 0 Å². The molecule has 82 valence electrons. The van der Waals surface area contributed by atoms with Crippen LogP contribution in [0.1, 0.15) is 12.8 Å². The number of halogens is 2. The molecule has 2 aliphatic rings. The Bertz CT molecular complexity index is 252. The van der Waals surface area contributed by atoms with Gasteiger partial charge < -0.3 is 24.8 Å². The third kappa shape index (κ3) is 6.90. The summed E-state index contributed by atoms with van der Waals surface area (Å²) in [5, 5.41) is 0. The predicted octanol–water partition coefficient (Wildman–Crippen LogP) is -2.74. The molecule has 0 radical (unpaired) electrons. The van der Waals surface area contributed by atoms with Crippen LogP contribution < -0.4 is 24.8 Å². The molecule has 0 aromatic carbocycles. The zero-order chi connectivity index (χ0) is 9.52. The van der Waals surface area contributed by atoms with Gasteiger partial charge in [0.1, 0.15) is 0 Å². The van der Waals surface area contributed by atoms with Crippen molar-refractivity contribution in [2.75, 3.05) is 6.66 Å². The smallest absolute Gasteiger partial charge is 0.0500 e. The van der Waals surface area contributed by atoms with Gasteiger partial charge in [0.05, 0.1) is 0 Å². The van der Waals surface area contributed by atoms with Gasteiger partial charge in [-0.3, -0.25) is 0 Å². The van der Waals surface area contributed by atoms with Gasteiger partial charge in [-0.1, -0.05) is 6.66 Å². The maximum absolute atomic E-state index is 2.42. The Kier molecular flexibility index (Phi) is 13.8. The summed E-state index contributed by atoms with van der Waals surface area (Å²) in [7, 11) is 2.42. The molecule has 0 nitrogen and oxygen atoms in total. The molecule has 0 saturated heterocycles. The molecule has 0 fully saturated rings. The summed E-state index contributed by atoms with van der Waals surface area (Å²) >= 11 is -0.312. The van der Waals surface area contributed by atoms with Crippen LogP contribution in [-0.2, 0) is 23.2 Å². The third-order valence-corrected chi connectivity index (χ3v) is 5.27. The minimum absolute atomic E-state index is 0. The van der Waals surface area contributed by atoms with E-state index in [1.807, 2.05) is 6.66 Å².